The highest BCUT2D eigenvalue weighted by atomic mass is 16.6. The third-order valence-electron chi connectivity index (χ3n) is 3.19. The Morgan fingerprint density at radius 2 is 2.12 bits per heavy atom. The van der Waals surface area contributed by atoms with Gasteiger partial charge in [-0.1, -0.05) is 0 Å². The van der Waals surface area contributed by atoms with E-state index in [9.17, 15) is 9.59 Å². The van der Waals surface area contributed by atoms with Crippen LogP contribution in [0.5, 0.6) is 0 Å². The molecule has 1 amide bonds. The van der Waals surface area contributed by atoms with Crippen LogP contribution in [0.15, 0.2) is 23.4 Å². The lowest BCUT2D eigenvalue weighted by Crippen LogP contribution is -2.38. The van der Waals surface area contributed by atoms with Gasteiger partial charge in [-0.15, -0.1) is 0 Å². The van der Waals surface area contributed by atoms with Gasteiger partial charge in [-0.2, -0.15) is 0 Å². The third kappa shape index (κ3) is 4.94. The number of H-pyrrole nitrogens is 1. The van der Waals surface area contributed by atoms with Crippen LogP contribution < -0.4 is 16.2 Å². The first-order valence-corrected chi connectivity index (χ1v) is 7.82. The van der Waals surface area contributed by atoms with Gasteiger partial charge in [-0.05, 0) is 40.2 Å². The normalized spacial score (nSPS) is 12.7. The molecule has 2 aromatic rings. The molecule has 3 N–H and O–H groups in total. The molecule has 0 fully saturated rings. The largest absolute Gasteiger partial charge is 0.444 e. The molecule has 0 aromatic carbocycles. The number of fused-ring (bicyclic) bond motifs is 1. The predicted octanol–water partition coefficient (Wildman–Crippen LogP) is 2.03. The average Bonchev–Trinajstić information content (AvgIpc) is 2.46. The number of pyridine rings is 1. The van der Waals surface area contributed by atoms with Gasteiger partial charge in [0.1, 0.15) is 11.1 Å². The van der Waals surface area contributed by atoms with Gasteiger partial charge < -0.3 is 20.4 Å². The van der Waals surface area contributed by atoms with Crippen molar-refractivity contribution in [3.63, 3.8) is 0 Å². The number of carbonyl (C=O) groups excluding carboxylic acids is 1. The first-order chi connectivity index (χ1) is 11.3. The molecule has 24 heavy (non-hydrogen) atoms. The van der Waals surface area contributed by atoms with Gasteiger partial charge in [-0.3, -0.25) is 4.79 Å². The molecule has 2 heterocycles. The Bertz CT molecular complexity index is 766. The summed E-state index contributed by atoms with van der Waals surface area (Å²) in [5, 5.41) is 6.41. The second-order valence-corrected chi connectivity index (χ2v) is 6.55. The highest BCUT2D eigenvalue weighted by molar-refractivity contribution is 5.86. The van der Waals surface area contributed by atoms with Crippen molar-refractivity contribution < 1.29 is 9.53 Å². The lowest BCUT2D eigenvalue weighted by molar-refractivity contribution is 0.0507. The summed E-state index contributed by atoms with van der Waals surface area (Å²) < 4.78 is 5.21. The number of nitrogens with zero attached hydrogens (tertiary/aromatic N) is 2. The Hall–Kier alpha value is -2.64. The van der Waals surface area contributed by atoms with Crippen molar-refractivity contribution in [1.29, 1.82) is 0 Å². The number of rotatable bonds is 5. The summed E-state index contributed by atoms with van der Waals surface area (Å²) in [4.78, 5) is 34.3. The number of amides is 1. The Balaban J connectivity index is 1.90. The molecular weight excluding hydrogens is 310 g/mol. The topological polar surface area (TPSA) is 109 Å². The van der Waals surface area contributed by atoms with Gasteiger partial charge in [0, 0.05) is 18.8 Å². The van der Waals surface area contributed by atoms with Crippen LogP contribution in [0.2, 0.25) is 0 Å². The summed E-state index contributed by atoms with van der Waals surface area (Å²) in [6.45, 7) is 7.92. The second kappa shape index (κ2) is 7.29. The summed E-state index contributed by atoms with van der Waals surface area (Å²) in [5.74, 6) is 0.545. The molecule has 0 saturated carbocycles. The van der Waals surface area contributed by atoms with Crippen molar-refractivity contribution in [3.8, 4) is 0 Å². The van der Waals surface area contributed by atoms with Gasteiger partial charge in [0.25, 0.3) is 5.56 Å². The van der Waals surface area contributed by atoms with Crippen LogP contribution in [0.4, 0.5) is 10.6 Å². The summed E-state index contributed by atoms with van der Waals surface area (Å²) in [7, 11) is 0. The maximum absolute atomic E-state index is 11.7. The number of alkyl carbamates (subject to hydrolysis) is 1. The van der Waals surface area contributed by atoms with Gasteiger partial charge in [0.2, 0.25) is 0 Å². The molecular formula is C16H23N5O3. The van der Waals surface area contributed by atoms with Crippen LogP contribution >= 0.6 is 0 Å². The first kappa shape index (κ1) is 17.7. The monoisotopic (exact) mass is 333 g/mol. The Labute approximate surface area is 140 Å². The van der Waals surface area contributed by atoms with E-state index < -0.39 is 11.7 Å². The zero-order valence-electron chi connectivity index (χ0n) is 14.3. The quantitative estimate of drug-likeness (QED) is 0.772. The molecule has 0 unspecified atom stereocenters. The fraction of sp³-hybridized carbons (Fsp3) is 0.500. The highest BCUT2D eigenvalue weighted by Gasteiger charge is 2.17. The fourth-order valence-electron chi connectivity index (χ4n) is 2.12. The van der Waals surface area contributed by atoms with Crippen LogP contribution in [0.25, 0.3) is 10.9 Å². The molecule has 0 saturated heterocycles. The highest BCUT2D eigenvalue weighted by Crippen LogP contribution is 2.14. The van der Waals surface area contributed by atoms with Gasteiger partial charge in [0.15, 0.2) is 5.82 Å². The molecule has 0 spiro atoms. The maximum Gasteiger partial charge on any atom is 0.407 e. The van der Waals surface area contributed by atoms with E-state index in [1.54, 1.807) is 12.3 Å². The van der Waals surface area contributed by atoms with Gasteiger partial charge >= 0.3 is 6.09 Å². The standard InChI is InChI=1S/C16H23N5O3/c1-10(21-15(23)24-16(2,3)4)5-7-17-13-12-11(6-8-18-13)14(22)20-9-19-12/h6,8-10H,5,7H2,1-4H3,(H,17,18)(H,21,23)(H,19,20,22)/t10-/m0/s1. The van der Waals surface area contributed by atoms with Crippen molar-refractivity contribution in [2.45, 2.75) is 45.8 Å². The summed E-state index contributed by atoms with van der Waals surface area (Å²) in [6.07, 6.45) is 3.14. The molecule has 0 aliphatic rings. The minimum atomic E-state index is -0.520. The number of ether oxygens (including phenoxy) is 1. The van der Waals surface area contributed by atoms with Crippen LogP contribution in [0, 0.1) is 0 Å². The molecule has 2 rings (SSSR count). The Morgan fingerprint density at radius 3 is 2.83 bits per heavy atom. The number of anilines is 1. The summed E-state index contributed by atoms with van der Waals surface area (Å²) >= 11 is 0. The SMILES string of the molecule is C[C@@H](CCNc1nccc2c(=O)[nH]cnc12)NC(=O)OC(C)(C)C. The second-order valence-electron chi connectivity index (χ2n) is 6.55. The summed E-state index contributed by atoms with van der Waals surface area (Å²) in [5.41, 5.74) is -0.201. The minimum absolute atomic E-state index is 0.0707. The van der Waals surface area contributed by atoms with Crippen molar-refractivity contribution in [1.82, 2.24) is 20.3 Å². The Kier molecular flexibility index (Phi) is 5.38. The van der Waals surface area contributed by atoms with Crippen molar-refractivity contribution >= 4 is 22.8 Å². The van der Waals surface area contributed by atoms with E-state index in [0.717, 1.165) is 0 Å². The van der Waals surface area contributed by atoms with E-state index in [4.69, 9.17) is 4.74 Å². The molecule has 0 aliphatic heterocycles. The average molecular weight is 333 g/mol. The molecule has 0 aliphatic carbocycles. The van der Waals surface area contributed by atoms with Crippen molar-refractivity contribution in [2.24, 2.45) is 0 Å². The molecule has 130 valence electrons. The number of hydrogen-bond acceptors (Lipinski definition) is 6. The van der Waals surface area contributed by atoms with E-state index in [2.05, 4.69) is 25.6 Å². The lowest BCUT2D eigenvalue weighted by Gasteiger charge is -2.22. The number of nitrogens with one attached hydrogen (secondary N) is 3. The molecule has 8 nitrogen and oxygen atoms in total. The summed E-state index contributed by atoms with van der Waals surface area (Å²) in [6, 6.07) is 1.55. The van der Waals surface area contributed by atoms with Gasteiger partial charge in [-0.25, -0.2) is 14.8 Å². The van der Waals surface area contributed by atoms with E-state index in [1.807, 2.05) is 27.7 Å². The molecule has 1 atom stereocenters. The van der Waals surface area contributed by atoms with Crippen LogP contribution in [0.1, 0.15) is 34.1 Å². The van der Waals surface area contributed by atoms with Crippen LogP contribution in [-0.4, -0.2) is 39.2 Å². The number of aromatic amines is 1. The van der Waals surface area contributed by atoms with E-state index >= 15 is 0 Å². The fourth-order valence-corrected chi connectivity index (χ4v) is 2.12. The third-order valence-corrected chi connectivity index (χ3v) is 3.19. The molecule has 2 aromatic heterocycles. The van der Waals surface area contributed by atoms with Crippen molar-refractivity contribution in [2.75, 3.05) is 11.9 Å². The zero-order valence-corrected chi connectivity index (χ0v) is 14.3. The molecule has 0 bridgehead atoms. The zero-order chi connectivity index (χ0) is 17.7. The number of hydrogen-bond donors (Lipinski definition) is 3. The first-order valence-electron chi connectivity index (χ1n) is 7.82. The van der Waals surface area contributed by atoms with E-state index in [0.29, 0.717) is 29.7 Å². The van der Waals surface area contributed by atoms with E-state index in [1.165, 1.54) is 6.33 Å². The minimum Gasteiger partial charge on any atom is -0.444 e. The maximum atomic E-state index is 11.7. The van der Waals surface area contributed by atoms with Crippen LogP contribution in [0.3, 0.4) is 0 Å². The molecule has 0 radical (unpaired) electrons. The van der Waals surface area contributed by atoms with Crippen molar-refractivity contribution in [3.05, 3.63) is 28.9 Å². The Morgan fingerprint density at radius 1 is 1.38 bits per heavy atom. The van der Waals surface area contributed by atoms with Gasteiger partial charge in [0.05, 0.1) is 11.7 Å². The van der Waals surface area contributed by atoms with Crippen LogP contribution in [-0.2, 0) is 4.74 Å². The number of carbonyl (C=O) groups is 1. The molecule has 8 heteroatoms. The lowest BCUT2D eigenvalue weighted by atomic mass is 10.2. The predicted molar refractivity (Wildman–Crippen MR) is 92.1 cm³/mol. The smallest absolute Gasteiger partial charge is 0.407 e. The number of aromatic nitrogens is 3. The van der Waals surface area contributed by atoms with E-state index in [-0.39, 0.29) is 11.6 Å².